The number of nitrogens with zero attached hydrogens (tertiary/aromatic N) is 1. The van der Waals surface area contributed by atoms with Crippen molar-refractivity contribution in [3.63, 3.8) is 0 Å². The number of anilines is 1. The second-order valence-electron chi connectivity index (χ2n) is 10.8. The van der Waals surface area contributed by atoms with Gasteiger partial charge in [-0.3, -0.25) is 19.3 Å². The lowest BCUT2D eigenvalue weighted by atomic mass is 9.58. The first-order valence-corrected chi connectivity index (χ1v) is 12.7. The molecule has 12 nitrogen and oxygen atoms in total. The van der Waals surface area contributed by atoms with Crippen LogP contribution >= 0.6 is 0 Å². The summed E-state index contributed by atoms with van der Waals surface area (Å²) in [6, 6.07) is 6.34. The molecule has 12 heteroatoms. The van der Waals surface area contributed by atoms with Gasteiger partial charge in [-0.05, 0) is 73.8 Å². The molecule has 0 saturated heterocycles. The van der Waals surface area contributed by atoms with E-state index in [4.69, 9.17) is 16.2 Å². The third-order valence-electron chi connectivity index (χ3n) is 8.29. The summed E-state index contributed by atoms with van der Waals surface area (Å²) in [5.74, 6) is -7.91. The quantitative estimate of drug-likeness (QED) is 0.176. The van der Waals surface area contributed by atoms with E-state index >= 15 is 0 Å². The van der Waals surface area contributed by atoms with Gasteiger partial charge < -0.3 is 36.6 Å². The van der Waals surface area contributed by atoms with Crippen molar-refractivity contribution >= 4 is 29.1 Å². The number of fused-ring (bicyclic) bond motifs is 3. The highest BCUT2D eigenvalue weighted by atomic mass is 16.5. The van der Waals surface area contributed by atoms with Crippen LogP contribution in [0.2, 0.25) is 0 Å². The summed E-state index contributed by atoms with van der Waals surface area (Å²) in [4.78, 5) is 53.1. The van der Waals surface area contributed by atoms with E-state index in [2.05, 4.69) is 0 Å². The van der Waals surface area contributed by atoms with Gasteiger partial charge in [-0.2, -0.15) is 0 Å². The molecule has 1 amide bonds. The van der Waals surface area contributed by atoms with Gasteiger partial charge in [0.1, 0.15) is 22.8 Å². The molecule has 0 spiro atoms. The molecule has 214 valence electrons. The van der Waals surface area contributed by atoms with Gasteiger partial charge in [0.25, 0.3) is 5.91 Å². The van der Waals surface area contributed by atoms with E-state index in [1.807, 2.05) is 0 Å². The van der Waals surface area contributed by atoms with Crippen LogP contribution < -0.4 is 11.5 Å². The molecule has 1 unspecified atom stereocenters. The molecule has 0 heterocycles. The number of rotatable bonds is 4. The van der Waals surface area contributed by atoms with Crippen molar-refractivity contribution in [3.05, 3.63) is 69.7 Å². The van der Waals surface area contributed by atoms with Crippen molar-refractivity contribution in [1.29, 1.82) is 0 Å². The molecule has 8 N–H and O–H groups in total. The number of primary amides is 1. The number of aromatic hydroxyl groups is 1. The summed E-state index contributed by atoms with van der Waals surface area (Å²) in [6.45, 7) is 0. The lowest BCUT2D eigenvalue weighted by Gasteiger charge is -2.50. The van der Waals surface area contributed by atoms with E-state index in [1.54, 1.807) is 26.2 Å². The zero-order valence-electron chi connectivity index (χ0n) is 22.5. The molecule has 0 saturated carbocycles. The Morgan fingerprint density at radius 1 is 1.10 bits per heavy atom. The average molecular weight is 564 g/mol. The summed E-state index contributed by atoms with van der Waals surface area (Å²) < 4.78 is 4.81. The summed E-state index contributed by atoms with van der Waals surface area (Å²) in [5.41, 5.74) is 9.21. The van der Waals surface area contributed by atoms with Crippen molar-refractivity contribution in [2.24, 2.45) is 17.6 Å². The van der Waals surface area contributed by atoms with Crippen LogP contribution in [-0.4, -0.2) is 81.6 Å². The third-order valence-corrected chi connectivity index (χ3v) is 8.29. The SMILES string of the molecule is COC(=O)c1cc(N)cc(-c2ccc(O)c3c2C[C@H]2C[C@H]4C(N(C)C)C(O)=C(C(N)=O)C(=O)[C@@]4(O)C(O)=C2C3=O)c1. The second-order valence-corrected chi connectivity index (χ2v) is 10.8. The molecule has 0 aromatic heterocycles. The number of Topliss-reactive ketones (excluding diaryl/α,β-unsaturated/α-hetero) is 2. The fourth-order valence-electron chi connectivity index (χ4n) is 6.56. The lowest BCUT2D eigenvalue weighted by molar-refractivity contribution is -0.148. The first-order chi connectivity index (χ1) is 19.2. The number of amides is 1. The van der Waals surface area contributed by atoms with E-state index in [-0.39, 0.29) is 35.2 Å². The molecule has 3 aliphatic rings. The number of phenols is 1. The Morgan fingerprint density at radius 2 is 1.78 bits per heavy atom. The molecule has 3 aliphatic carbocycles. The van der Waals surface area contributed by atoms with Crippen LogP contribution in [0.3, 0.4) is 0 Å². The van der Waals surface area contributed by atoms with Crippen molar-refractivity contribution < 1.29 is 44.3 Å². The fraction of sp³-hybridized carbons (Fsp3) is 0.310. The van der Waals surface area contributed by atoms with Crippen LogP contribution in [0.25, 0.3) is 11.1 Å². The van der Waals surface area contributed by atoms with Crippen LogP contribution in [0.15, 0.2) is 53.0 Å². The largest absolute Gasteiger partial charge is 0.510 e. The summed E-state index contributed by atoms with van der Waals surface area (Å²) in [6.07, 6.45) is 0.0336. The fourth-order valence-corrected chi connectivity index (χ4v) is 6.56. The normalized spacial score (nSPS) is 25.5. The van der Waals surface area contributed by atoms with Crippen molar-refractivity contribution in [2.45, 2.75) is 24.5 Å². The minimum absolute atomic E-state index is 0.0504. The van der Waals surface area contributed by atoms with Gasteiger partial charge in [-0.25, -0.2) is 4.79 Å². The molecule has 0 radical (unpaired) electrons. The molecule has 5 rings (SSSR count). The van der Waals surface area contributed by atoms with Gasteiger partial charge >= 0.3 is 5.97 Å². The number of carbonyl (C=O) groups is 4. The van der Waals surface area contributed by atoms with Gasteiger partial charge in [0.15, 0.2) is 11.4 Å². The van der Waals surface area contributed by atoms with Gasteiger partial charge in [0.05, 0.1) is 24.3 Å². The maximum absolute atomic E-state index is 13.9. The first-order valence-electron chi connectivity index (χ1n) is 12.7. The number of ether oxygens (including phenoxy) is 1. The highest BCUT2D eigenvalue weighted by Gasteiger charge is 2.63. The van der Waals surface area contributed by atoms with Crippen LogP contribution in [0.5, 0.6) is 5.75 Å². The van der Waals surface area contributed by atoms with Crippen LogP contribution in [0.1, 0.15) is 32.7 Å². The van der Waals surface area contributed by atoms with Crippen LogP contribution in [0, 0.1) is 11.8 Å². The van der Waals surface area contributed by atoms with E-state index in [0.717, 1.165) is 0 Å². The van der Waals surface area contributed by atoms with E-state index in [1.165, 1.54) is 30.2 Å². The Balaban J connectivity index is 1.72. The topological polar surface area (TPSA) is 214 Å². The van der Waals surface area contributed by atoms with Gasteiger partial charge in [0.2, 0.25) is 5.78 Å². The minimum atomic E-state index is -2.72. The molecule has 0 fully saturated rings. The summed E-state index contributed by atoms with van der Waals surface area (Å²) in [5, 5.41) is 44.8. The number of carbonyl (C=O) groups excluding carboxylic acids is 4. The minimum Gasteiger partial charge on any atom is -0.510 e. The second kappa shape index (κ2) is 9.46. The lowest BCUT2D eigenvalue weighted by Crippen LogP contribution is -2.63. The van der Waals surface area contributed by atoms with Gasteiger partial charge in [-0.1, -0.05) is 6.07 Å². The van der Waals surface area contributed by atoms with E-state index < -0.39 is 69.8 Å². The number of benzene rings is 2. The Morgan fingerprint density at radius 3 is 2.39 bits per heavy atom. The van der Waals surface area contributed by atoms with Gasteiger partial charge in [0, 0.05) is 17.2 Å². The summed E-state index contributed by atoms with van der Waals surface area (Å²) >= 11 is 0. The van der Waals surface area contributed by atoms with Crippen LogP contribution in [0.4, 0.5) is 5.69 Å². The molecule has 4 atom stereocenters. The number of allylic oxidation sites excluding steroid dienone is 1. The highest BCUT2D eigenvalue weighted by molar-refractivity contribution is 6.25. The molecule has 0 aliphatic heterocycles. The third kappa shape index (κ3) is 3.90. The Hall–Kier alpha value is -4.68. The van der Waals surface area contributed by atoms with Crippen molar-refractivity contribution in [2.75, 3.05) is 26.9 Å². The summed E-state index contributed by atoms with van der Waals surface area (Å²) in [7, 11) is 4.34. The number of esters is 1. The predicted molar refractivity (Wildman–Crippen MR) is 145 cm³/mol. The molecular formula is C29H29N3O9. The van der Waals surface area contributed by atoms with Crippen molar-refractivity contribution in [3.8, 4) is 16.9 Å². The number of nitrogen functional groups attached to an aromatic ring is 1. The number of hydrogen-bond acceptors (Lipinski definition) is 11. The number of nitrogens with two attached hydrogens (primary N) is 2. The van der Waals surface area contributed by atoms with Crippen LogP contribution in [-0.2, 0) is 20.7 Å². The van der Waals surface area contributed by atoms with E-state index in [0.29, 0.717) is 16.7 Å². The maximum atomic E-state index is 13.9. The number of ketones is 2. The Labute approximate surface area is 234 Å². The highest BCUT2D eigenvalue weighted by Crippen LogP contribution is 2.53. The molecule has 41 heavy (non-hydrogen) atoms. The smallest absolute Gasteiger partial charge is 0.337 e. The zero-order chi connectivity index (χ0) is 30.1. The molecule has 2 aromatic carbocycles. The number of aliphatic hydroxyl groups excluding tert-OH is 2. The number of hydrogen-bond donors (Lipinski definition) is 6. The molecular weight excluding hydrogens is 534 g/mol. The molecule has 2 aromatic rings. The molecule has 0 bridgehead atoms. The standard InChI is InChI=1S/C29H29N3O9/c1-32(2)22-17-10-12-9-16-15(11-6-13(28(39)41-3)8-14(30)7-11)4-5-18(33)20(16)23(34)19(12)25(36)29(17,40)26(37)21(24(22)35)27(31)38/h4-8,12,17,22,33,35-36,40H,9-10,30H2,1-3H3,(H2,31,38)/t12-,17-,22?,29-/m0/s1. The first kappa shape index (κ1) is 27.9. The van der Waals surface area contributed by atoms with Gasteiger partial charge in [-0.15, -0.1) is 0 Å². The maximum Gasteiger partial charge on any atom is 0.337 e. The monoisotopic (exact) mass is 563 g/mol. The van der Waals surface area contributed by atoms with E-state index in [9.17, 15) is 39.6 Å². The average Bonchev–Trinajstić information content (AvgIpc) is 2.89. The number of aliphatic hydroxyl groups is 3. The number of methoxy groups -OCH3 is 1. The van der Waals surface area contributed by atoms with Crippen molar-refractivity contribution in [1.82, 2.24) is 4.90 Å². The predicted octanol–water partition coefficient (Wildman–Crippen LogP) is 1.16. The number of phenolic OH excluding ortho intramolecular Hbond substituents is 1. The zero-order valence-corrected chi connectivity index (χ0v) is 22.5. The Bertz CT molecular complexity index is 1620. The number of likely N-dealkylation sites (N-methyl/N-ethyl adjacent to an activating group) is 1. The Kier molecular flexibility index (Phi) is 6.43.